The largest absolute Gasteiger partial charge is 0.508 e. The molecule has 0 aliphatic carbocycles. The maximum Gasteiger partial charge on any atom is 0.243 e. The van der Waals surface area contributed by atoms with Gasteiger partial charge in [0.25, 0.3) is 0 Å². The molecule has 0 aliphatic heterocycles. The first-order chi connectivity index (χ1) is 10.1. The quantitative estimate of drug-likeness (QED) is 0.814. The number of aromatic hydroxyl groups is 1. The number of ether oxygens (including phenoxy) is 1. The Kier molecular flexibility index (Phi) is 5.30. The first-order valence-corrected chi connectivity index (χ1v) is 7.12. The van der Waals surface area contributed by atoms with Gasteiger partial charge in [-0.2, -0.15) is 4.98 Å². The van der Waals surface area contributed by atoms with E-state index in [-0.39, 0.29) is 17.9 Å². The number of rotatable bonds is 7. The normalized spacial score (nSPS) is 14.0. The van der Waals surface area contributed by atoms with Crippen molar-refractivity contribution < 1.29 is 14.4 Å². The maximum atomic E-state index is 9.26. The van der Waals surface area contributed by atoms with Crippen molar-refractivity contribution >= 4 is 0 Å². The molecule has 1 aromatic heterocycles. The molecule has 0 radical (unpaired) electrons. The van der Waals surface area contributed by atoms with E-state index in [0.717, 1.165) is 12.0 Å². The number of phenols is 1. The predicted octanol–water partition coefficient (Wildman–Crippen LogP) is 2.51. The minimum atomic E-state index is -0.380. The Bertz CT molecular complexity index is 554. The molecule has 2 aromatic rings. The van der Waals surface area contributed by atoms with Gasteiger partial charge in [0.05, 0.1) is 6.04 Å². The first-order valence-electron chi connectivity index (χ1n) is 7.12. The van der Waals surface area contributed by atoms with Crippen LogP contribution in [0.25, 0.3) is 0 Å². The van der Waals surface area contributed by atoms with Crippen molar-refractivity contribution in [3.63, 3.8) is 0 Å². The smallest absolute Gasteiger partial charge is 0.243 e. The molecule has 0 aliphatic rings. The molecule has 0 fully saturated rings. The molecule has 3 N–H and O–H groups in total. The summed E-state index contributed by atoms with van der Waals surface area (Å²) < 4.78 is 10.8. The molecular formula is C15H21N3O3. The van der Waals surface area contributed by atoms with Gasteiger partial charge in [0.1, 0.15) is 11.9 Å². The minimum Gasteiger partial charge on any atom is -0.508 e. The van der Waals surface area contributed by atoms with Crippen LogP contribution in [0.5, 0.6) is 5.75 Å². The zero-order chi connectivity index (χ0) is 15.2. The summed E-state index contributed by atoms with van der Waals surface area (Å²) in [4.78, 5) is 4.34. The van der Waals surface area contributed by atoms with Crippen LogP contribution >= 0.6 is 0 Å². The molecule has 2 unspecified atom stereocenters. The maximum absolute atomic E-state index is 9.26. The zero-order valence-electron chi connectivity index (χ0n) is 12.3. The summed E-state index contributed by atoms with van der Waals surface area (Å²) in [5.74, 6) is 1.17. The van der Waals surface area contributed by atoms with E-state index in [1.54, 1.807) is 12.1 Å². The second kappa shape index (κ2) is 7.19. The standard InChI is InChI=1S/C15H21N3O3/c1-3-13(20-4-2)14-17-15(21-18-14)12(16)9-10-5-7-11(19)8-6-10/h5-8,12-13,19H,3-4,9,16H2,1-2H3. The van der Waals surface area contributed by atoms with Gasteiger partial charge in [-0.15, -0.1) is 0 Å². The van der Waals surface area contributed by atoms with Crippen molar-refractivity contribution in [1.29, 1.82) is 0 Å². The minimum absolute atomic E-state index is 0.159. The van der Waals surface area contributed by atoms with E-state index in [4.69, 9.17) is 15.0 Å². The van der Waals surface area contributed by atoms with E-state index in [1.165, 1.54) is 0 Å². The van der Waals surface area contributed by atoms with Gasteiger partial charge in [-0.25, -0.2) is 0 Å². The lowest BCUT2D eigenvalue weighted by atomic mass is 10.1. The molecule has 0 saturated carbocycles. The molecule has 114 valence electrons. The summed E-state index contributed by atoms with van der Waals surface area (Å²) in [6.45, 7) is 4.54. The summed E-state index contributed by atoms with van der Waals surface area (Å²) >= 11 is 0. The van der Waals surface area contributed by atoms with Crippen molar-refractivity contribution in [2.75, 3.05) is 6.61 Å². The topological polar surface area (TPSA) is 94.4 Å². The molecule has 6 heteroatoms. The Labute approximate surface area is 123 Å². The SMILES string of the molecule is CCOC(CC)c1noc(C(N)Cc2ccc(O)cc2)n1. The van der Waals surface area contributed by atoms with Crippen LogP contribution in [0.2, 0.25) is 0 Å². The molecule has 1 heterocycles. The first kappa shape index (κ1) is 15.5. The van der Waals surface area contributed by atoms with Crippen LogP contribution < -0.4 is 5.73 Å². The van der Waals surface area contributed by atoms with Crippen molar-refractivity contribution in [2.45, 2.75) is 38.8 Å². The van der Waals surface area contributed by atoms with E-state index < -0.39 is 0 Å². The van der Waals surface area contributed by atoms with Crippen LogP contribution in [-0.2, 0) is 11.2 Å². The number of hydrogen-bond donors (Lipinski definition) is 2. The van der Waals surface area contributed by atoms with Crippen LogP contribution in [-0.4, -0.2) is 21.9 Å². The van der Waals surface area contributed by atoms with Gasteiger partial charge in [0.2, 0.25) is 11.7 Å². The highest BCUT2D eigenvalue weighted by molar-refractivity contribution is 5.26. The average Bonchev–Trinajstić information content (AvgIpc) is 2.97. The van der Waals surface area contributed by atoms with E-state index in [1.807, 2.05) is 26.0 Å². The van der Waals surface area contributed by atoms with Crippen LogP contribution in [0.3, 0.4) is 0 Å². The van der Waals surface area contributed by atoms with Crippen molar-refractivity contribution in [2.24, 2.45) is 5.73 Å². The molecule has 0 bridgehead atoms. The van der Waals surface area contributed by atoms with E-state index in [2.05, 4.69) is 10.1 Å². The summed E-state index contributed by atoms with van der Waals surface area (Å²) in [6.07, 6.45) is 1.18. The molecule has 2 rings (SSSR count). The van der Waals surface area contributed by atoms with Crippen molar-refractivity contribution in [3.8, 4) is 5.75 Å². The molecule has 21 heavy (non-hydrogen) atoms. The monoisotopic (exact) mass is 291 g/mol. The van der Waals surface area contributed by atoms with Crippen molar-refractivity contribution in [3.05, 3.63) is 41.5 Å². The number of nitrogens with two attached hydrogens (primary N) is 1. The number of nitrogens with zero attached hydrogens (tertiary/aromatic N) is 2. The third-order valence-electron chi connectivity index (χ3n) is 3.19. The van der Waals surface area contributed by atoms with Gasteiger partial charge in [0.15, 0.2) is 0 Å². The summed E-state index contributed by atoms with van der Waals surface area (Å²) in [5, 5.41) is 13.2. The fourth-order valence-electron chi connectivity index (χ4n) is 2.08. The van der Waals surface area contributed by atoms with Gasteiger partial charge in [-0.3, -0.25) is 0 Å². The Morgan fingerprint density at radius 2 is 2.00 bits per heavy atom. The molecule has 0 spiro atoms. The van der Waals surface area contributed by atoms with Gasteiger partial charge in [-0.1, -0.05) is 24.2 Å². The molecule has 0 amide bonds. The van der Waals surface area contributed by atoms with Crippen LogP contribution in [0.4, 0.5) is 0 Å². The Morgan fingerprint density at radius 3 is 2.62 bits per heavy atom. The van der Waals surface area contributed by atoms with Crippen LogP contribution in [0.1, 0.15) is 49.7 Å². The second-order valence-electron chi connectivity index (χ2n) is 4.82. The Hall–Kier alpha value is -1.92. The van der Waals surface area contributed by atoms with Crippen LogP contribution in [0, 0.1) is 0 Å². The van der Waals surface area contributed by atoms with Crippen LogP contribution in [0.15, 0.2) is 28.8 Å². The lowest BCUT2D eigenvalue weighted by Gasteiger charge is -2.09. The summed E-state index contributed by atoms with van der Waals surface area (Å²) in [6, 6.07) is 6.52. The number of hydrogen-bond acceptors (Lipinski definition) is 6. The molecule has 6 nitrogen and oxygen atoms in total. The lowest BCUT2D eigenvalue weighted by Crippen LogP contribution is -2.14. The summed E-state index contributed by atoms with van der Waals surface area (Å²) in [7, 11) is 0. The molecule has 0 saturated heterocycles. The highest BCUT2D eigenvalue weighted by atomic mass is 16.5. The fourth-order valence-corrected chi connectivity index (χ4v) is 2.08. The second-order valence-corrected chi connectivity index (χ2v) is 4.82. The summed E-state index contributed by atoms with van der Waals surface area (Å²) in [5.41, 5.74) is 7.09. The molecular weight excluding hydrogens is 270 g/mol. The highest BCUT2D eigenvalue weighted by Crippen LogP contribution is 2.21. The van der Waals surface area contributed by atoms with E-state index in [0.29, 0.717) is 24.7 Å². The van der Waals surface area contributed by atoms with E-state index >= 15 is 0 Å². The highest BCUT2D eigenvalue weighted by Gasteiger charge is 2.20. The number of phenolic OH excluding ortho intramolecular Hbond substituents is 1. The van der Waals surface area contributed by atoms with Gasteiger partial charge in [0, 0.05) is 6.61 Å². The Morgan fingerprint density at radius 1 is 1.29 bits per heavy atom. The number of benzene rings is 1. The van der Waals surface area contributed by atoms with E-state index in [9.17, 15) is 5.11 Å². The van der Waals surface area contributed by atoms with Gasteiger partial charge in [-0.05, 0) is 37.5 Å². The van der Waals surface area contributed by atoms with Crippen molar-refractivity contribution in [1.82, 2.24) is 10.1 Å². The number of aromatic nitrogens is 2. The third kappa shape index (κ3) is 4.03. The predicted molar refractivity (Wildman–Crippen MR) is 77.7 cm³/mol. The van der Waals surface area contributed by atoms with Gasteiger partial charge < -0.3 is 20.1 Å². The lowest BCUT2D eigenvalue weighted by molar-refractivity contribution is 0.0518. The third-order valence-corrected chi connectivity index (χ3v) is 3.19. The average molecular weight is 291 g/mol. The molecule has 2 atom stereocenters. The fraction of sp³-hybridized carbons (Fsp3) is 0.467. The zero-order valence-corrected chi connectivity index (χ0v) is 12.3. The Balaban J connectivity index is 2.04. The molecule has 1 aromatic carbocycles. The van der Waals surface area contributed by atoms with Gasteiger partial charge >= 0.3 is 0 Å².